The quantitative estimate of drug-likeness (QED) is 0.898. The lowest BCUT2D eigenvalue weighted by Crippen LogP contribution is -2.54. The SMILES string of the molecule is Cc1ncncc1C(=O)N1CCC(Oc2ccccc2F)(C(=O)O)CC1. The van der Waals surface area contributed by atoms with Crippen LogP contribution < -0.4 is 4.74 Å². The van der Waals surface area contributed by atoms with E-state index >= 15 is 0 Å². The number of rotatable bonds is 4. The van der Waals surface area contributed by atoms with Gasteiger partial charge in [0.05, 0.1) is 11.3 Å². The highest BCUT2D eigenvalue weighted by Gasteiger charge is 2.45. The van der Waals surface area contributed by atoms with E-state index in [9.17, 15) is 19.1 Å². The molecule has 3 rings (SSSR count). The van der Waals surface area contributed by atoms with Crippen LogP contribution in [0.15, 0.2) is 36.8 Å². The fourth-order valence-corrected chi connectivity index (χ4v) is 2.94. The van der Waals surface area contributed by atoms with Crippen molar-refractivity contribution in [1.82, 2.24) is 14.9 Å². The molecule has 1 N–H and O–H groups in total. The van der Waals surface area contributed by atoms with Crippen LogP contribution in [0, 0.1) is 12.7 Å². The zero-order valence-corrected chi connectivity index (χ0v) is 14.2. The van der Waals surface area contributed by atoms with Crippen LogP contribution in [-0.2, 0) is 4.79 Å². The number of hydrogen-bond donors (Lipinski definition) is 1. The van der Waals surface area contributed by atoms with Crippen LogP contribution in [0.4, 0.5) is 4.39 Å². The molecule has 1 aromatic heterocycles. The van der Waals surface area contributed by atoms with E-state index in [1.54, 1.807) is 13.0 Å². The van der Waals surface area contributed by atoms with Crippen LogP contribution >= 0.6 is 0 Å². The van der Waals surface area contributed by atoms with Crippen molar-refractivity contribution < 1.29 is 23.8 Å². The Morgan fingerprint density at radius 1 is 1.27 bits per heavy atom. The second-order valence-electron chi connectivity index (χ2n) is 6.15. The molecular formula is C18H18FN3O4. The number of nitrogens with zero attached hydrogens (tertiary/aromatic N) is 3. The Bertz CT molecular complexity index is 835. The number of hydrogen-bond acceptors (Lipinski definition) is 5. The van der Waals surface area contributed by atoms with Crippen molar-refractivity contribution in [2.45, 2.75) is 25.4 Å². The number of aryl methyl sites for hydroxylation is 1. The van der Waals surface area contributed by atoms with Crippen LogP contribution in [0.5, 0.6) is 5.75 Å². The van der Waals surface area contributed by atoms with Gasteiger partial charge in [0.15, 0.2) is 11.6 Å². The maximum absolute atomic E-state index is 13.9. The smallest absolute Gasteiger partial charge is 0.348 e. The molecule has 2 heterocycles. The summed E-state index contributed by atoms with van der Waals surface area (Å²) in [6, 6.07) is 5.68. The van der Waals surface area contributed by atoms with Gasteiger partial charge in [0.25, 0.3) is 5.91 Å². The summed E-state index contributed by atoms with van der Waals surface area (Å²) in [5, 5.41) is 9.66. The second kappa shape index (κ2) is 7.07. The van der Waals surface area contributed by atoms with Crippen LogP contribution in [0.1, 0.15) is 28.9 Å². The Morgan fingerprint density at radius 3 is 2.58 bits per heavy atom. The topological polar surface area (TPSA) is 92.6 Å². The number of carbonyl (C=O) groups excluding carboxylic acids is 1. The second-order valence-corrected chi connectivity index (χ2v) is 6.15. The maximum atomic E-state index is 13.9. The number of carbonyl (C=O) groups is 2. The molecule has 1 aliphatic rings. The molecule has 0 saturated carbocycles. The number of aliphatic carboxylic acids is 1. The molecule has 0 aliphatic carbocycles. The summed E-state index contributed by atoms with van der Waals surface area (Å²) in [6.45, 7) is 2.06. The molecule has 1 aliphatic heterocycles. The van der Waals surface area contributed by atoms with Gasteiger partial charge in [-0.1, -0.05) is 12.1 Å². The van der Waals surface area contributed by atoms with Crippen molar-refractivity contribution in [2.24, 2.45) is 0 Å². The number of aromatic nitrogens is 2. The van der Waals surface area contributed by atoms with Crippen molar-refractivity contribution >= 4 is 11.9 Å². The minimum absolute atomic E-state index is 0.0507. The summed E-state index contributed by atoms with van der Waals surface area (Å²) in [7, 11) is 0. The van der Waals surface area contributed by atoms with Crippen LogP contribution in [0.25, 0.3) is 0 Å². The van der Waals surface area contributed by atoms with Crippen molar-refractivity contribution in [1.29, 1.82) is 0 Å². The van der Waals surface area contributed by atoms with Crippen molar-refractivity contribution in [2.75, 3.05) is 13.1 Å². The summed E-state index contributed by atoms with van der Waals surface area (Å²) in [5.41, 5.74) is -0.630. The number of halogens is 1. The summed E-state index contributed by atoms with van der Waals surface area (Å²) >= 11 is 0. The maximum Gasteiger partial charge on any atom is 0.348 e. The van der Waals surface area contributed by atoms with E-state index in [4.69, 9.17) is 4.74 Å². The van der Waals surface area contributed by atoms with Gasteiger partial charge in [-0.05, 0) is 19.1 Å². The van der Waals surface area contributed by atoms with Gasteiger partial charge < -0.3 is 14.7 Å². The molecule has 1 fully saturated rings. The molecule has 2 aromatic rings. The van der Waals surface area contributed by atoms with Gasteiger partial charge in [-0.15, -0.1) is 0 Å². The van der Waals surface area contributed by atoms with E-state index in [1.807, 2.05) is 0 Å². The number of likely N-dealkylation sites (tertiary alicyclic amines) is 1. The Labute approximate surface area is 149 Å². The Kier molecular flexibility index (Phi) is 4.83. The fourth-order valence-electron chi connectivity index (χ4n) is 2.94. The van der Waals surface area contributed by atoms with E-state index in [1.165, 1.54) is 35.6 Å². The first-order chi connectivity index (χ1) is 12.4. The molecule has 1 aromatic carbocycles. The standard InChI is InChI=1S/C18H18FN3O4/c1-12-13(10-20-11-21-12)16(23)22-8-6-18(7-9-22,17(24)25)26-15-5-3-2-4-14(15)19/h2-5,10-11H,6-9H2,1H3,(H,24,25). The lowest BCUT2D eigenvalue weighted by molar-refractivity contribution is -0.159. The number of carboxylic acid groups (broad SMARTS) is 1. The fraction of sp³-hybridized carbons (Fsp3) is 0.333. The van der Waals surface area contributed by atoms with Gasteiger partial charge >= 0.3 is 5.97 Å². The summed E-state index contributed by atoms with van der Waals surface area (Å²) in [6.07, 6.45) is 2.91. The third-order valence-corrected chi connectivity index (χ3v) is 4.53. The highest BCUT2D eigenvalue weighted by molar-refractivity contribution is 5.95. The van der Waals surface area contributed by atoms with Gasteiger partial charge in [0, 0.05) is 32.1 Å². The largest absolute Gasteiger partial charge is 0.478 e. The average molecular weight is 359 g/mol. The number of ether oxygens (including phenoxy) is 1. The number of amides is 1. The normalized spacial score (nSPS) is 16.2. The number of piperidine rings is 1. The van der Waals surface area contributed by atoms with Crippen LogP contribution in [-0.4, -0.2) is 50.5 Å². The molecule has 0 spiro atoms. The molecule has 1 saturated heterocycles. The number of carboxylic acids is 1. The van der Waals surface area contributed by atoms with Gasteiger partial charge in [0.1, 0.15) is 6.33 Å². The summed E-state index contributed by atoms with van der Waals surface area (Å²) in [5.74, 6) is -2.16. The third-order valence-electron chi connectivity index (χ3n) is 4.53. The van der Waals surface area contributed by atoms with Gasteiger partial charge in [-0.25, -0.2) is 19.2 Å². The highest BCUT2D eigenvalue weighted by Crippen LogP contribution is 2.31. The first-order valence-electron chi connectivity index (χ1n) is 8.16. The Morgan fingerprint density at radius 2 is 1.96 bits per heavy atom. The van der Waals surface area contributed by atoms with Gasteiger partial charge in [-0.2, -0.15) is 0 Å². The molecule has 8 heteroatoms. The minimum Gasteiger partial charge on any atom is -0.478 e. The predicted molar refractivity (Wildman–Crippen MR) is 89.3 cm³/mol. The Balaban J connectivity index is 1.76. The molecular weight excluding hydrogens is 341 g/mol. The predicted octanol–water partition coefficient (Wildman–Crippen LogP) is 2.06. The molecule has 1 amide bonds. The number of benzene rings is 1. The highest BCUT2D eigenvalue weighted by atomic mass is 19.1. The first kappa shape index (κ1) is 17.8. The lowest BCUT2D eigenvalue weighted by atomic mass is 9.90. The van der Waals surface area contributed by atoms with Crippen molar-refractivity contribution in [3.8, 4) is 5.75 Å². The number of para-hydroxylation sites is 1. The van der Waals surface area contributed by atoms with Crippen LogP contribution in [0.2, 0.25) is 0 Å². The minimum atomic E-state index is -1.57. The molecule has 0 unspecified atom stereocenters. The lowest BCUT2D eigenvalue weighted by Gasteiger charge is -2.38. The van der Waals surface area contributed by atoms with Gasteiger partial charge in [-0.3, -0.25) is 4.79 Å². The van der Waals surface area contributed by atoms with E-state index in [-0.39, 0.29) is 37.6 Å². The first-order valence-corrected chi connectivity index (χ1v) is 8.16. The molecule has 0 bridgehead atoms. The average Bonchev–Trinajstić information content (AvgIpc) is 2.64. The van der Waals surface area contributed by atoms with Crippen molar-refractivity contribution in [3.05, 3.63) is 53.9 Å². The van der Waals surface area contributed by atoms with E-state index in [2.05, 4.69) is 9.97 Å². The molecule has 26 heavy (non-hydrogen) atoms. The monoisotopic (exact) mass is 359 g/mol. The van der Waals surface area contributed by atoms with Crippen LogP contribution in [0.3, 0.4) is 0 Å². The zero-order valence-electron chi connectivity index (χ0n) is 14.2. The van der Waals surface area contributed by atoms with E-state index < -0.39 is 17.4 Å². The zero-order chi connectivity index (χ0) is 18.7. The summed E-state index contributed by atoms with van der Waals surface area (Å²) in [4.78, 5) is 33.8. The van der Waals surface area contributed by atoms with E-state index in [0.717, 1.165) is 0 Å². The molecule has 0 radical (unpaired) electrons. The summed E-state index contributed by atoms with van der Waals surface area (Å²) < 4.78 is 19.4. The van der Waals surface area contributed by atoms with Gasteiger partial charge in [0.2, 0.25) is 5.60 Å². The molecule has 0 atom stereocenters. The van der Waals surface area contributed by atoms with Crippen molar-refractivity contribution in [3.63, 3.8) is 0 Å². The third kappa shape index (κ3) is 3.35. The molecule has 7 nitrogen and oxygen atoms in total. The van der Waals surface area contributed by atoms with E-state index in [0.29, 0.717) is 11.3 Å². The molecule has 136 valence electrons. The Hall–Kier alpha value is -3.03.